The van der Waals surface area contributed by atoms with Crippen molar-refractivity contribution in [1.82, 2.24) is 9.79 Å². The van der Waals surface area contributed by atoms with E-state index < -0.39 is 10.0 Å². The van der Waals surface area contributed by atoms with Crippen LogP contribution in [0.4, 0.5) is 0 Å². The molecule has 0 aliphatic carbocycles. The van der Waals surface area contributed by atoms with E-state index in [0.29, 0.717) is 12.3 Å². The van der Waals surface area contributed by atoms with Crippen molar-refractivity contribution < 1.29 is 17.7 Å². The Kier molecular flexibility index (Phi) is 3.86. The monoisotopic (exact) mass is 234 g/mol. The summed E-state index contributed by atoms with van der Waals surface area (Å²) in [6.45, 7) is 0.319. The minimum atomic E-state index is -3.48. The lowest BCUT2D eigenvalue weighted by molar-refractivity contribution is 0.0808. The minimum Gasteiger partial charge on any atom is -0.447 e. The van der Waals surface area contributed by atoms with Crippen LogP contribution in [-0.4, -0.2) is 33.9 Å². The standard InChI is InChI=1S/C8H14N2O4S/c1-10(2)15(11,12)8-5-4-7(14-8)6-9-13-3/h4-5,9H,6H2,1-3H3. The summed E-state index contributed by atoms with van der Waals surface area (Å²) in [4.78, 5) is 4.62. The molecule has 0 amide bonds. The first-order valence-corrected chi connectivity index (χ1v) is 5.69. The van der Waals surface area contributed by atoms with Gasteiger partial charge >= 0.3 is 0 Å². The summed E-state index contributed by atoms with van der Waals surface area (Å²) < 4.78 is 29.4. The average Bonchev–Trinajstić information content (AvgIpc) is 2.63. The normalized spacial score (nSPS) is 12.3. The number of hydrogen-bond acceptors (Lipinski definition) is 5. The van der Waals surface area contributed by atoms with Gasteiger partial charge in [0, 0.05) is 14.1 Å². The molecule has 0 atom stereocenters. The van der Waals surface area contributed by atoms with Crippen molar-refractivity contribution in [2.75, 3.05) is 21.2 Å². The lowest BCUT2D eigenvalue weighted by Gasteiger charge is -2.07. The first-order valence-electron chi connectivity index (χ1n) is 4.25. The van der Waals surface area contributed by atoms with E-state index >= 15 is 0 Å². The molecule has 0 aromatic carbocycles. The van der Waals surface area contributed by atoms with Crippen LogP contribution in [-0.2, 0) is 21.4 Å². The van der Waals surface area contributed by atoms with Gasteiger partial charge in [-0.1, -0.05) is 0 Å². The first kappa shape index (κ1) is 12.2. The Labute approximate surface area is 88.8 Å². The highest BCUT2D eigenvalue weighted by Crippen LogP contribution is 2.16. The lowest BCUT2D eigenvalue weighted by atomic mass is 10.5. The summed E-state index contributed by atoms with van der Waals surface area (Å²) >= 11 is 0. The van der Waals surface area contributed by atoms with Crippen LogP contribution < -0.4 is 5.48 Å². The fourth-order valence-electron chi connectivity index (χ4n) is 0.915. The highest BCUT2D eigenvalue weighted by atomic mass is 32.2. The van der Waals surface area contributed by atoms with Crippen LogP contribution in [0.2, 0.25) is 0 Å². The first-order chi connectivity index (χ1) is 6.98. The smallest absolute Gasteiger partial charge is 0.275 e. The summed E-state index contributed by atoms with van der Waals surface area (Å²) in [5, 5.41) is -0.0691. The lowest BCUT2D eigenvalue weighted by Crippen LogP contribution is -2.21. The van der Waals surface area contributed by atoms with E-state index in [1.54, 1.807) is 6.07 Å². The molecule has 0 bridgehead atoms. The number of hydrogen-bond donors (Lipinski definition) is 1. The molecule has 0 spiro atoms. The molecule has 1 aromatic rings. The third kappa shape index (κ3) is 2.78. The molecule has 15 heavy (non-hydrogen) atoms. The Morgan fingerprint density at radius 2 is 2.13 bits per heavy atom. The second kappa shape index (κ2) is 4.75. The molecule has 1 heterocycles. The Morgan fingerprint density at radius 3 is 2.67 bits per heavy atom. The van der Waals surface area contributed by atoms with Crippen LogP contribution in [0.1, 0.15) is 5.76 Å². The Bertz CT molecular complexity index is 410. The number of hydroxylamine groups is 1. The molecule has 1 rings (SSSR count). The zero-order chi connectivity index (χ0) is 11.5. The van der Waals surface area contributed by atoms with E-state index in [4.69, 9.17) is 4.42 Å². The van der Waals surface area contributed by atoms with Crippen LogP contribution in [0.15, 0.2) is 21.6 Å². The molecule has 0 unspecified atom stereocenters. The third-order valence-electron chi connectivity index (χ3n) is 1.76. The van der Waals surface area contributed by atoms with Gasteiger partial charge in [-0.15, -0.1) is 0 Å². The summed E-state index contributed by atoms with van der Waals surface area (Å²) in [5.41, 5.74) is 2.56. The summed E-state index contributed by atoms with van der Waals surface area (Å²) in [6, 6.07) is 3.00. The topological polar surface area (TPSA) is 71.8 Å². The molecule has 1 aromatic heterocycles. The van der Waals surface area contributed by atoms with Crippen molar-refractivity contribution in [3.8, 4) is 0 Å². The summed E-state index contributed by atoms with van der Waals surface area (Å²) in [7, 11) is 0.888. The van der Waals surface area contributed by atoms with Crippen LogP contribution >= 0.6 is 0 Å². The van der Waals surface area contributed by atoms with Gasteiger partial charge in [0.1, 0.15) is 5.76 Å². The Morgan fingerprint density at radius 1 is 1.47 bits per heavy atom. The highest BCUT2D eigenvalue weighted by Gasteiger charge is 2.21. The second-order valence-electron chi connectivity index (χ2n) is 3.03. The summed E-state index contributed by atoms with van der Waals surface area (Å²) in [5.74, 6) is 0.497. The van der Waals surface area contributed by atoms with Gasteiger partial charge in [-0.25, -0.2) is 12.7 Å². The molecule has 86 valence electrons. The van der Waals surface area contributed by atoms with Crippen LogP contribution in [0, 0.1) is 0 Å². The zero-order valence-electron chi connectivity index (χ0n) is 8.85. The van der Waals surface area contributed by atoms with E-state index in [9.17, 15) is 8.42 Å². The Hall–Kier alpha value is -0.890. The second-order valence-corrected chi connectivity index (χ2v) is 5.12. The van der Waals surface area contributed by atoms with Gasteiger partial charge in [-0.05, 0) is 12.1 Å². The van der Waals surface area contributed by atoms with Gasteiger partial charge in [0.15, 0.2) is 0 Å². The van der Waals surface area contributed by atoms with Crippen molar-refractivity contribution >= 4 is 10.0 Å². The fourth-order valence-corrected chi connectivity index (χ4v) is 1.73. The number of furan rings is 1. The van der Waals surface area contributed by atoms with Gasteiger partial charge in [0.05, 0.1) is 13.7 Å². The predicted octanol–water partition coefficient (Wildman–Crippen LogP) is 0.181. The van der Waals surface area contributed by atoms with E-state index in [1.165, 1.54) is 27.3 Å². The number of nitrogens with one attached hydrogen (secondary N) is 1. The van der Waals surface area contributed by atoms with E-state index in [1.807, 2.05) is 0 Å². The molecule has 7 heteroatoms. The quantitative estimate of drug-likeness (QED) is 0.736. The van der Waals surface area contributed by atoms with E-state index in [2.05, 4.69) is 10.3 Å². The number of nitrogens with zero attached hydrogens (tertiary/aromatic N) is 1. The summed E-state index contributed by atoms with van der Waals surface area (Å²) in [6.07, 6.45) is 0. The zero-order valence-corrected chi connectivity index (χ0v) is 9.67. The molecule has 6 nitrogen and oxygen atoms in total. The molecule has 0 radical (unpaired) electrons. The van der Waals surface area contributed by atoms with Gasteiger partial charge in [-0.2, -0.15) is 5.48 Å². The largest absolute Gasteiger partial charge is 0.447 e. The van der Waals surface area contributed by atoms with Gasteiger partial charge in [-0.3, -0.25) is 0 Å². The minimum absolute atomic E-state index is 0.0691. The molecule has 0 aliphatic rings. The van der Waals surface area contributed by atoms with E-state index in [0.717, 1.165) is 4.31 Å². The molecule has 0 saturated heterocycles. The van der Waals surface area contributed by atoms with Crippen LogP contribution in [0.5, 0.6) is 0 Å². The Balaban J connectivity index is 2.85. The molecule has 0 fully saturated rings. The van der Waals surface area contributed by atoms with Gasteiger partial charge in [0.25, 0.3) is 10.0 Å². The van der Waals surface area contributed by atoms with Crippen molar-refractivity contribution in [2.24, 2.45) is 0 Å². The SMILES string of the molecule is CONCc1ccc(S(=O)(=O)N(C)C)o1. The van der Waals surface area contributed by atoms with Crippen LogP contribution in [0.3, 0.4) is 0 Å². The average molecular weight is 234 g/mol. The number of sulfonamides is 1. The molecule has 0 aliphatic heterocycles. The predicted molar refractivity (Wildman–Crippen MR) is 53.4 cm³/mol. The molecule has 1 N–H and O–H groups in total. The van der Waals surface area contributed by atoms with Crippen molar-refractivity contribution in [3.63, 3.8) is 0 Å². The molecular formula is C8H14N2O4S. The van der Waals surface area contributed by atoms with Gasteiger partial charge in [0.2, 0.25) is 5.09 Å². The maximum absolute atomic E-state index is 11.6. The van der Waals surface area contributed by atoms with Crippen LogP contribution in [0.25, 0.3) is 0 Å². The van der Waals surface area contributed by atoms with Gasteiger partial charge < -0.3 is 9.25 Å². The fraction of sp³-hybridized carbons (Fsp3) is 0.500. The number of rotatable bonds is 5. The molecular weight excluding hydrogens is 220 g/mol. The van der Waals surface area contributed by atoms with Crippen molar-refractivity contribution in [1.29, 1.82) is 0 Å². The van der Waals surface area contributed by atoms with Crippen molar-refractivity contribution in [3.05, 3.63) is 17.9 Å². The molecule has 0 saturated carbocycles. The maximum Gasteiger partial charge on any atom is 0.275 e. The third-order valence-corrected chi connectivity index (χ3v) is 3.45. The van der Waals surface area contributed by atoms with Crippen molar-refractivity contribution in [2.45, 2.75) is 11.6 Å². The highest BCUT2D eigenvalue weighted by molar-refractivity contribution is 7.88. The van der Waals surface area contributed by atoms with E-state index in [-0.39, 0.29) is 5.09 Å². The maximum atomic E-state index is 11.6.